The van der Waals surface area contributed by atoms with E-state index in [0.717, 1.165) is 88.1 Å². The first-order valence-corrected chi connectivity index (χ1v) is 26.7. The lowest BCUT2D eigenvalue weighted by Crippen LogP contribution is -2.07. The first-order valence-electron chi connectivity index (χ1n) is 25.9. The molecule has 17 aromatic rings. The Kier molecular flexibility index (Phi) is 8.87. The van der Waals surface area contributed by atoms with E-state index in [-0.39, 0.29) is 0 Å². The molecule has 7 nitrogen and oxygen atoms in total. The number of nitrogens with zero attached hydrogens (tertiary/aromatic N) is 6. The normalized spacial score (nSPS) is 12.2. The summed E-state index contributed by atoms with van der Waals surface area (Å²) in [5.74, 6) is 1.65. The second-order valence-electron chi connectivity index (χ2n) is 19.8. The fourth-order valence-corrected chi connectivity index (χ4v) is 13.7. The van der Waals surface area contributed by atoms with E-state index < -0.39 is 0 Å². The van der Waals surface area contributed by atoms with Crippen LogP contribution in [0.15, 0.2) is 247 Å². The predicted octanol–water partition coefficient (Wildman–Crippen LogP) is 18.4. The van der Waals surface area contributed by atoms with Crippen molar-refractivity contribution >= 4 is 119 Å². The summed E-state index contributed by atoms with van der Waals surface area (Å²) in [6, 6.07) is 86.5. The van der Waals surface area contributed by atoms with Gasteiger partial charge in [0.2, 0.25) is 5.95 Å². The standard InChI is InChI=1S/C69H40N6OS/c1-3-18-41(19-4-1)67-70-68(72-69(71-67)75-57-31-15-10-25-48(57)50-36-35-49-47-24-9-12-28-54(47)73(64(49)65(50)75)43-20-5-2-6-21-43)52-27-17-32-60-62(52)53-40-42(34-39-59(53)76-60)44-37-38-58(66-63(44)51-26-11-16-33-61(51)77-66)74-55-29-13-7-22-45(55)46-23-8-14-30-56(46)74/h1-40H. The molecule has 0 radical (unpaired) electrons. The summed E-state index contributed by atoms with van der Waals surface area (Å²) in [4.78, 5) is 16.4. The van der Waals surface area contributed by atoms with Crippen LogP contribution in [0, 0.1) is 0 Å². The molecule has 0 aliphatic carbocycles. The van der Waals surface area contributed by atoms with Crippen molar-refractivity contribution < 1.29 is 4.42 Å². The Labute approximate surface area is 443 Å². The maximum absolute atomic E-state index is 6.78. The van der Waals surface area contributed by atoms with Gasteiger partial charge in [-0.15, -0.1) is 11.3 Å². The molecule has 0 aliphatic rings. The highest BCUT2D eigenvalue weighted by Gasteiger charge is 2.26. The van der Waals surface area contributed by atoms with Gasteiger partial charge in [-0.25, -0.2) is 4.98 Å². The third kappa shape index (κ3) is 6.10. The minimum absolute atomic E-state index is 0.526. The van der Waals surface area contributed by atoms with Gasteiger partial charge in [-0.2, -0.15) is 9.97 Å². The van der Waals surface area contributed by atoms with Gasteiger partial charge in [0.15, 0.2) is 11.6 Å². The van der Waals surface area contributed by atoms with Crippen molar-refractivity contribution in [1.29, 1.82) is 0 Å². The number of hydrogen-bond acceptors (Lipinski definition) is 5. The minimum Gasteiger partial charge on any atom is -0.456 e. The van der Waals surface area contributed by atoms with Crippen LogP contribution in [0.25, 0.3) is 159 Å². The highest BCUT2D eigenvalue weighted by molar-refractivity contribution is 7.26. The van der Waals surface area contributed by atoms with E-state index in [1.807, 2.05) is 35.6 Å². The van der Waals surface area contributed by atoms with E-state index >= 15 is 0 Å². The Morgan fingerprint density at radius 3 is 1.61 bits per heavy atom. The van der Waals surface area contributed by atoms with Crippen LogP contribution in [0.1, 0.15) is 0 Å². The number of furan rings is 1. The third-order valence-corrected chi connectivity index (χ3v) is 16.9. The van der Waals surface area contributed by atoms with Crippen LogP contribution < -0.4 is 0 Å². The fraction of sp³-hybridized carbons (Fsp3) is 0. The van der Waals surface area contributed by atoms with E-state index in [0.29, 0.717) is 17.6 Å². The summed E-state index contributed by atoms with van der Waals surface area (Å²) in [7, 11) is 0. The quantitative estimate of drug-likeness (QED) is 0.166. The van der Waals surface area contributed by atoms with Crippen LogP contribution >= 0.6 is 11.3 Å². The smallest absolute Gasteiger partial charge is 0.238 e. The lowest BCUT2D eigenvalue weighted by molar-refractivity contribution is 0.669. The summed E-state index contributed by atoms with van der Waals surface area (Å²) in [5.41, 5.74) is 14.4. The predicted molar refractivity (Wildman–Crippen MR) is 319 cm³/mol. The van der Waals surface area contributed by atoms with E-state index in [2.05, 4.69) is 232 Å². The molecule has 0 N–H and O–H groups in total. The zero-order chi connectivity index (χ0) is 50.3. The second-order valence-corrected chi connectivity index (χ2v) is 20.9. The maximum Gasteiger partial charge on any atom is 0.238 e. The zero-order valence-electron chi connectivity index (χ0n) is 41.1. The van der Waals surface area contributed by atoms with Crippen molar-refractivity contribution in [3.63, 3.8) is 0 Å². The Morgan fingerprint density at radius 2 is 0.909 bits per heavy atom. The summed E-state index contributed by atoms with van der Waals surface area (Å²) in [6.07, 6.45) is 0. The van der Waals surface area contributed by atoms with E-state index in [4.69, 9.17) is 19.4 Å². The molecular formula is C69H40N6OS. The molecular weight excluding hydrogens is 961 g/mol. The topological polar surface area (TPSA) is 66.6 Å². The molecule has 0 bridgehead atoms. The highest BCUT2D eigenvalue weighted by Crippen LogP contribution is 2.47. The molecule has 0 aliphatic heterocycles. The second kappa shape index (κ2) is 16.2. The molecule has 0 spiro atoms. The summed E-state index contributed by atoms with van der Waals surface area (Å²) in [6.45, 7) is 0. The molecule has 0 saturated carbocycles. The molecule has 8 heteroatoms. The molecule has 6 aromatic heterocycles. The molecule has 0 atom stereocenters. The van der Waals surface area contributed by atoms with Gasteiger partial charge < -0.3 is 13.6 Å². The van der Waals surface area contributed by atoms with Crippen LogP contribution in [0.5, 0.6) is 0 Å². The van der Waals surface area contributed by atoms with Gasteiger partial charge in [-0.1, -0.05) is 176 Å². The lowest BCUT2D eigenvalue weighted by Gasteiger charge is -2.13. The van der Waals surface area contributed by atoms with Crippen molar-refractivity contribution in [1.82, 2.24) is 28.7 Å². The SMILES string of the molecule is c1ccc(-c2nc(-c3cccc4oc5ccc(-c6ccc(-n7c8ccccc8c8ccccc87)c7sc8ccccc8c67)cc5c34)nc(-n3c4ccccc4c4ccc5c6ccccc6n(-c6ccccc6)c5c43)n2)cc1. The summed E-state index contributed by atoms with van der Waals surface area (Å²) < 4.78 is 16.4. The van der Waals surface area contributed by atoms with Crippen molar-refractivity contribution in [3.05, 3.63) is 243 Å². The van der Waals surface area contributed by atoms with E-state index in [9.17, 15) is 0 Å². The molecule has 0 amide bonds. The van der Waals surface area contributed by atoms with Crippen molar-refractivity contribution in [3.8, 4) is 51.2 Å². The van der Waals surface area contributed by atoms with E-state index in [1.165, 1.54) is 53.1 Å². The average molecular weight is 1000 g/mol. The molecule has 0 unspecified atom stereocenters. The van der Waals surface area contributed by atoms with Crippen LogP contribution in [0.4, 0.5) is 0 Å². The van der Waals surface area contributed by atoms with Gasteiger partial charge in [0.1, 0.15) is 11.2 Å². The number of benzene rings is 11. The molecule has 11 aromatic carbocycles. The average Bonchev–Trinajstić information content (AvgIpc) is 4.51. The largest absolute Gasteiger partial charge is 0.456 e. The Hall–Kier alpha value is -10.2. The van der Waals surface area contributed by atoms with Crippen LogP contribution in [0.2, 0.25) is 0 Å². The minimum atomic E-state index is 0.526. The summed E-state index contributed by atoms with van der Waals surface area (Å²) in [5, 5.41) is 11.5. The summed E-state index contributed by atoms with van der Waals surface area (Å²) >= 11 is 1.86. The first-order chi connectivity index (χ1) is 38.2. The van der Waals surface area contributed by atoms with Gasteiger partial charge in [0.05, 0.1) is 43.5 Å². The first kappa shape index (κ1) is 42.2. The fourth-order valence-electron chi connectivity index (χ4n) is 12.4. The number of rotatable bonds is 6. The molecule has 6 heterocycles. The molecule has 0 saturated heterocycles. The van der Waals surface area contributed by atoms with Gasteiger partial charge in [-0.05, 0) is 77.9 Å². The lowest BCUT2D eigenvalue weighted by atomic mass is 9.96. The van der Waals surface area contributed by atoms with Gasteiger partial charge in [0.25, 0.3) is 0 Å². The van der Waals surface area contributed by atoms with Crippen LogP contribution in [-0.4, -0.2) is 28.7 Å². The molecule has 358 valence electrons. The highest BCUT2D eigenvalue weighted by atomic mass is 32.1. The van der Waals surface area contributed by atoms with Crippen LogP contribution in [-0.2, 0) is 0 Å². The monoisotopic (exact) mass is 1000 g/mol. The van der Waals surface area contributed by atoms with Gasteiger partial charge in [-0.3, -0.25) is 4.57 Å². The van der Waals surface area contributed by atoms with Gasteiger partial charge >= 0.3 is 0 Å². The number of thiophene rings is 1. The van der Waals surface area contributed by atoms with Gasteiger partial charge in [0, 0.05) is 75.4 Å². The molecule has 77 heavy (non-hydrogen) atoms. The molecule has 17 rings (SSSR count). The number of aromatic nitrogens is 6. The number of hydrogen-bond donors (Lipinski definition) is 0. The third-order valence-electron chi connectivity index (χ3n) is 15.7. The Morgan fingerprint density at radius 1 is 0.338 bits per heavy atom. The maximum atomic E-state index is 6.78. The van der Waals surface area contributed by atoms with E-state index in [1.54, 1.807) is 0 Å². The number of para-hydroxylation sites is 5. The zero-order valence-corrected chi connectivity index (χ0v) is 41.9. The van der Waals surface area contributed by atoms with Crippen molar-refractivity contribution in [2.24, 2.45) is 0 Å². The number of fused-ring (bicyclic) bond motifs is 16. The Bertz CT molecular complexity index is 5240. The Balaban J connectivity index is 0.917. The molecule has 0 fully saturated rings. The van der Waals surface area contributed by atoms with Crippen molar-refractivity contribution in [2.75, 3.05) is 0 Å². The van der Waals surface area contributed by atoms with Crippen molar-refractivity contribution in [2.45, 2.75) is 0 Å². The van der Waals surface area contributed by atoms with Crippen LogP contribution in [0.3, 0.4) is 0 Å².